The summed E-state index contributed by atoms with van der Waals surface area (Å²) in [5, 5.41) is 16.0. The van der Waals surface area contributed by atoms with Gasteiger partial charge in [0.2, 0.25) is 0 Å². The summed E-state index contributed by atoms with van der Waals surface area (Å²) < 4.78 is 13.2. The molecule has 4 aromatic rings. The predicted molar refractivity (Wildman–Crippen MR) is 146 cm³/mol. The number of carbonyl (C=O) groups excluding carboxylic acids is 1. The van der Waals surface area contributed by atoms with Gasteiger partial charge in [-0.05, 0) is 92.7 Å². The third-order valence-electron chi connectivity index (χ3n) is 4.63. The standard InChI is InChI=1S/C23H14ClI2N3O5/c24-16-3-1-13(2-4-16)12-33-22-18(25)7-14(8-19(22)26)11-27-28-23(30)21-10-15-9-17(29(31)32)5-6-20(15)34-21/h1-11H,12H2,(H,28,30)/b27-11+. The van der Waals surface area contributed by atoms with Gasteiger partial charge in [-0.3, -0.25) is 14.9 Å². The van der Waals surface area contributed by atoms with Crippen molar-refractivity contribution < 1.29 is 18.9 Å². The zero-order valence-corrected chi connectivity index (χ0v) is 22.2. The van der Waals surface area contributed by atoms with Crippen LogP contribution in [0.25, 0.3) is 11.0 Å². The van der Waals surface area contributed by atoms with Crippen LogP contribution in [0.3, 0.4) is 0 Å². The maximum atomic E-state index is 12.4. The molecule has 8 nitrogen and oxygen atoms in total. The highest BCUT2D eigenvalue weighted by atomic mass is 127. The Morgan fingerprint density at radius 3 is 2.50 bits per heavy atom. The minimum atomic E-state index is -0.567. The molecule has 0 saturated carbocycles. The van der Waals surface area contributed by atoms with Crippen LogP contribution < -0.4 is 10.2 Å². The zero-order chi connectivity index (χ0) is 24.2. The highest BCUT2D eigenvalue weighted by Gasteiger charge is 2.15. The lowest BCUT2D eigenvalue weighted by atomic mass is 10.2. The number of furan rings is 1. The Hall–Kier alpha value is -2.71. The first-order valence-corrected chi connectivity index (χ1v) is 12.2. The van der Waals surface area contributed by atoms with Crippen LogP contribution in [-0.2, 0) is 6.61 Å². The Morgan fingerprint density at radius 2 is 1.82 bits per heavy atom. The van der Waals surface area contributed by atoms with Gasteiger partial charge in [-0.25, -0.2) is 5.43 Å². The van der Waals surface area contributed by atoms with Crippen molar-refractivity contribution in [3.05, 3.63) is 99.8 Å². The van der Waals surface area contributed by atoms with Gasteiger partial charge in [0, 0.05) is 22.5 Å². The lowest BCUT2D eigenvalue weighted by molar-refractivity contribution is -0.384. The lowest BCUT2D eigenvalue weighted by Crippen LogP contribution is -2.16. The molecular formula is C23H14ClI2N3O5. The molecule has 1 heterocycles. The molecule has 0 unspecified atom stereocenters. The SMILES string of the molecule is O=C(N/N=C/c1cc(I)c(OCc2ccc(Cl)cc2)c(I)c1)c1cc2cc([N+](=O)[O-])ccc2o1. The molecule has 11 heteroatoms. The molecule has 0 saturated heterocycles. The van der Waals surface area contributed by atoms with Gasteiger partial charge in [-0.1, -0.05) is 23.7 Å². The molecule has 0 aliphatic rings. The van der Waals surface area contributed by atoms with Crippen LogP contribution >= 0.6 is 56.8 Å². The van der Waals surface area contributed by atoms with Crippen molar-refractivity contribution in [3.63, 3.8) is 0 Å². The van der Waals surface area contributed by atoms with E-state index in [1.54, 1.807) is 0 Å². The topological polar surface area (TPSA) is 107 Å². The Kier molecular flexibility index (Phi) is 7.68. The summed E-state index contributed by atoms with van der Waals surface area (Å²) in [5.41, 5.74) is 4.47. The largest absolute Gasteiger partial charge is 0.487 e. The zero-order valence-electron chi connectivity index (χ0n) is 17.1. The van der Waals surface area contributed by atoms with Crippen molar-refractivity contribution in [1.82, 2.24) is 5.43 Å². The fourth-order valence-electron chi connectivity index (χ4n) is 3.00. The number of halogens is 3. The summed E-state index contributed by atoms with van der Waals surface area (Å²) >= 11 is 10.3. The van der Waals surface area contributed by atoms with Crippen molar-refractivity contribution >= 4 is 85.6 Å². The summed E-state index contributed by atoms with van der Waals surface area (Å²) in [7, 11) is 0. The smallest absolute Gasteiger partial charge is 0.307 e. The third-order valence-corrected chi connectivity index (χ3v) is 6.49. The van der Waals surface area contributed by atoms with E-state index in [4.69, 9.17) is 20.8 Å². The molecule has 172 valence electrons. The van der Waals surface area contributed by atoms with Gasteiger partial charge >= 0.3 is 5.91 Å². The first-order chi connectivity index (χ1) is 16.3. The average Bonchev–Trinajstić information content (AvgIpc) is 3.23. The number of nitro groups is 1. The second-order valence-electron chi connectivity index (χ2n) is 7.02. The summed E-state index contributed by atoms with van der Waals surface area (Å²) in [5.74, 6) is 0.193. The van der Waals surface area contributed by atoms with Crippen LogP contribution in [-0.4, -0.2) is 17.0 Å². The van der Waals surface area contributed by atoms with E-state index in [-0.39, 0.29) is 11.4 Å². The van der Waals surface area contributed by atoms with Crippen molar-refractivity contribution in [2.24, 2.45) is 5.10 Å². The minimum Gasteiger partial charge on any atom is -0.487 e. The third kappa shape index (κ3) is 5.85. The molecular weight excluding hydrogens is 688 g/mol. The van der Waals surface area contributed by atoms with E-state index in [2.05, 4.69) is 55.7 Å². The van der Waals surface area contributed by atoms with E-state index in [1.807, 2.05) is 36.4 Å². The molecule has 0 fully saturated rings. The molecule has 1 amide bonds. The van der Waals surface area contributed by atoms with Crippen molar-refractivity contribution in [2.75, 3.05) is 0 Å². The maximum absolute atomic E-state index is 12.4. The highest BCUT2D eigenvalue weighted by Crippen LogP contribution is 2.29. The van der Waals surface area contributed by atoms with Gasteiger partial charge in [0.05, 0.1) is 18.3 Å². The molecule has 1 aromatic heterocycles. The van der Waals surface area contributed by atoms with E-state index in [9.17, 15) is 14.9 Å². The van der Waals surface area contributed by atoms with Crippen molar-refractivity contribution in [2.45, 2.75) is 6.61 Å². The number of nitrogens with one attached hydrogen (secondary N) is 1. The number of carbonyl (C=O) groups is 1. The molecule has 3 aromatic carbocycles. The van der Waals surface area contributed by atoms with E-state index >= 15 is 0 Å². The molecule has 4 rings (SSSR count). The first-order valence-electron chi connectivity index (χ1n) is 9.68. The molecule has 0 atom stereocenters. The number of amides is 1. The van der Waals surface area contributed by atoms with Gasteiger partial charge in [-0.15, -0.1) is 0 Å². The summed E-state index contributed by atoms with van der Waals surface area (Å²) in [6.45, 7) is 0.410. The fourth-order valence-corrected chi connectivity index (χ4v) is 5.26. The summed E-state index contributed by atoms with van der Waals surface area (Å²) in [6.07, 6.45) is 1.51. The Bertz CT molecular complexity index is 1400. The monoisotopic (exact) mass is 701 g/mol. The number of hydrogen-bond donors (Lipinski definition) is 1. The van der Waals surface area contributed by atoms with Gasteiger partial charge in [0.25, 0.3) is 5.69 Å². The lowest BCUT2D eigenvalue weighted by Gasteiger charge is -2.11. The second-order valence-corrected chi connectivity index (χ2v) is 9.78. The van der Waals surface area contributed by atoms with Gasteiger partial charge in [0.1, 0.15) is 17.9 Å². The van der Waals surface area contributed by atoms with Gasteiger partial charge in [0.15, 0.2) is 5.76 Å². The normalized spacial score (nSPS) is 11.1. The molecule has 0 radical (unpaired) electrons. The van der Waals surface area contributed by atoms with Crippen LogP contribution in [0, 0.1) is 17.3 Å². The van der Waals surface area contributed by atoms with E-state index < -0.39 is 10.8 Å². The van der Waals surface area contributed by atoms with Gasteiger partial charge in [-0.2, -0.15) is 5.10 Å². The minimum absolute atomic E-state index is 0.00255. The Balaban J connectivity index is 1.41. The maximum Gasteiger partial charge on any atom is 0.307 e. The number of benzene rings is 3. The van der Waals surface area contributed by atoms with Crippen LogP contribution in [0.5, 0.6) is 5.75 Å². The van der Waals surface area contributed by atoms with Gasteiger partial charge < -0.3 is 9.15 Å². The molecule has 0 aliphatic heterocycles. The number of non-ortho nitro benzene ring substituents is 1. The summed E-state index contributed by atoms with van der Waals surface area (Å²) in [6, 6.07) is 16.8. The van der Waals surface area contributed by atoms with E-state index in [0.29, 0.717) is 22.6 Å². The number of rotatable bonds is 7. The van der Waals surface area contributed by atoms with E-state index in [1.165, 1.54) is 30.5 Å². The van der Waals surface area contributed by atoms with Crippen LogP contribution in [0.1, 0.15) is 21.7 Å². The number of hydrazone groups is 1. The fraction of sp³-hybridized carbons (Fsp3) is 0.0435. The number of nitrogens with zero attached hydrogens (tertiary/aromatic N) is 2. The molecule has 0 aliphatic carbocycles. The van der Waals surface area contributed by atoms with Crippen molar-refractivity contribution in [1.29, 1.82) is 0 Å². The van der Waals surface area contributed by atoms with Crippen LogP contribution in [0.15, 0.2) is 70.2 Å². The number of ether oxygens (including phenoxy) is 1. The number of fused-ring (bicyclic) bond motifs is 1. The van der Waals surface area contributed by atoms with Crippen molar-refractivity contribution in [3.8, 4) is 5.75 Å². The molecule has 0 bridgehead atoms. The predicted octanol–water partition coefficient (Wildman–Crippen LogP) is 6.55. The summed E-state index contributed by atoms with van der Waals surface area (Å²) in [4.78, 5) is 22.8. The van der Waals surface area contributed by atoms with E-state index in [0.717, 1.165) is 24.0 Å². The number of hydrogen-bond acceptors (Lipinski definition) is 6. The first kappa shape index (κ1) is 24.4. The second kappa shape index (κ2) is 10.7. The molecule has 1 N–H and O–H groups in total. The Labute approximate surface area is 225 Å². The quantitative estimate of drug-likeness (QED) is 0.102. The molecule has 34 heavy (non-hydrogen) atoms. The van der Waals surface area contributed by atoms with Crippen LogP contribution in [0.2, 0.25) is 5.02 Å². The number of nitro benzene ring substituents is 1. The van der Waals surface area contributed by atoms with Crippen LogP contribution in [0.4, 0.5) is 5.69 Å². The Morgan fingerprint density at radius 1 is 1.12 bits per heavy atom. The average molecular weight is 702 g/mol. The highest BCUT2D eigenvalue weighted by molar-refractivity contribution is 14.1. The molecule has 0 spiro atoms.